The Hall–Kier alpha value is -5.22. The van der Waals surface area contributed by atoms with Crippen LogP contribution in [0, 0.1) is 102 Å². The molecule has 22 heteroatoms. The molecule has 20 aliphatic carbocycles. The van der Waals surface area contributed by atoms with Gasteiger partial charge in [-0.05, 0) is 354 Å². The molecule has 133 heavy (non-hydrogen) atoms. The molecule has 7 heterocycles. The fourth-order valence-electron chi connectivity index (χ4n) is 32.5. The molecule has 22 nitrogen and oxygen atoms in total. The predicted octanol–water partition coefficient (Wildman–Crippen LogP) is 21.9. The molecule has 0 N–H and O–H groups in total. The second kappa shape index (κ2) is 37.3. The summed E-state index contributed by atoms with van der Waals surface area (Å²) in [5.74, 6) is 11.5. The van der Waals surface area contributed by atoms with E-state index in [-0.39, 0.29) is 11.9 Å². The molecule has 27 aliphatic rings. The smallest absolute Gasteiger partial charge is 0.415 e. The molecule has 0 radical (unpaired) electrons. The number of carbonyl (C=O) groups is 2. The van der Waals surface area contributed by atoms with Crippen molar-refractivity contribution < 1.29 is 91.3 Å². The van der Waals surface area contributed by atoms with Crippen LogP contribution < -0.4 is 14.2 Å². The SMILES string of the molecule is CC(=O)CCc1ccc([C@@H]2CCC[C@]3(C2)OOC2(O3)C3CC4CC(C3)CC2C4)cc1.Cc1cc([C@@H]2CCC[C@]3(C2)OOC2(O3)C3CC4CC(C3)CC2C4)ccc1OCCN1CCOCC1.O=C(Oc1ccc([C@@H]2CCC[C@]3(C2)OOC2(O3)C3CC4CC(C3)CC2C4)cc1)N1CCCCC1.c1cc(OCCN2CCOCC2)cc([C@@H]2CCC[C@]3(C2)OOC2(O3)C3CC4CC(C3)CC2C4)c1. The molecule has 4 aromatic carbocycles. The van der Waals surface area contributed by atoms with Crippen LogP contribution in [0.25, 0.3) is 0 Å². The first-order chi connectivity index (χ1) is 64.9. The lowest BCUT2D eigenvalue weighted by molar-refractivity contribution is -0.390. The van der Waals surface area contributed by atoms with Gasteiger partial charge >= 0.3 is 6.09 Å². The molecule has 20 saturated carbocycles. The summed E-state index contributed by atoms with van der Waals surface area (Å²) in [6.45, 7) is 16.1. The van der Waals surface area contributed by atoms with Crippen molar-refractivity contribution in [2.24, 2.45) is 94.7 Å². The van der Waals surface area contributed by atoms with E-state index in [1.165, 1.54) is 181 Å². The van der Waals surface area contributed by atoms with E-state index < -0.39 is 46.3 Å². The first kappa shape index (κ1) is 90.3. The van der Waals surface area contributed by atoms with Crippen LogP contribution in [0.15, 0.2) is 91.0 Å². The summed E-state index contributed by atoms with van der Waals surface area (Å²) in [4.78, 5) is 80.0. The van der Waals surface area contributed by atoms with Gasteiger partial charge < -0.3 is 52.3 Å². The Morgan fingerprint density at radius 2 is 0.714 bits per heavy atom. The zero-order valence-corrected chi connectivity index (χ0v) is 79.7. The van der Waals surface area contributed by atoms with Crippen molar-refractivity contribution in [2.75, 3.05) is 92.0 Å². The third-order valence-corrected chi connectivity index (χ3v) is 38.4. The normalized spacial score (nSPS) is 43.4. The Morgan fingerprint density at radius 3 is 1.09 bits per heavy atom. The number of likely N-dealkylation sites (tertiary alicyclic amines) is 1. The van der Waals surface area contributed by atoms with Gasteiger partial charge in [0.25, 0.3) is 0 Å². The molecular weight excluding hydrogens is 1680 g/mol. The number of hydrogen-bond acceptors (Lipinski definition) is 21. The number of ether oxygens (including phenoxy) is 9. The molecule has 8 atom stereocenters. The number of aryl methyl sites for hydroxylation is 2. The van der Waals surface area contributed by atoms with Crippen LogP contribution in [0.2, 0.25) is 0 Å². The van der Waals surface area contributed by atoms with E-state index in [0.717, 1.165) is 253 Å². The minimum Gasteiger partial charge on any atom is -0.492 e. The van der Waals surface area contributed by atoms with Gasteiger partial charge in [-0.2, -0.15) is 39.1 Å². The fourth-order valence-corrected chi connectivity index (χ4v) is 32.5. The lowest BCUT2D eigenvalue weighted by Gasteiger charge is -2.57. The molecule has 16 bridgehead atoms. The van der Waals surface area contributed by atoms with Crippen molar-refractivity contribution in [1.29, 1.82) is 0 Å². The number of nitrogens with zero attached hydrogens (tertiary/aromatic N) is 3. The Balaban J connectivity index is 0.0000000977. The summed E-state index contributed by atoms with van der Waals surface area (Å²) in [6.07, 6.45) is 46.6. The summed E-state index contributed by atoms with van der Waals surface area (Å²) in [6, 6.07) is 32.4. The number of rotatable bonds is 16. The van der Waals surface area contributed by atoms with Gasteiger partial charge in [0.1, 0.15) is 36.2 Å². The maximum atomic E-state index is 12.4. The number of carbonyl (C=O) groups excluding carboxylic acids is 2. The molecule has 7 saturated heterocycles. The van der Waals surface area contributed by atoms with E-state index >= 15 is 0 Å². The van der Waals surface area contributed by atoms with Crippen LogP contribution in [-0.4, -0.2) is 165 Å². The number of ketones is 1. The summed E-state index contributed by atoms with van der Waals surface area (Å²) in [5, 5.41) is 0. The maximum absolute atomic E-state index is 12.4. The Bertz CT molecular complexity index is 4610. The Labute approximate surface area is 788 Å². The highest BCUT2D eigenvalue weighted by atomic mass is 17.3. The number of hydrogen-bond donors (Lipinski definition) is 0. The third-order valence-electron chi connectivity index (χ3n) is 38.4. The summed E-state index contributed by atoms with van der Waals surface area (Å²) in [7, 11) is 0. The van der Waals surface area contributed by atoms with Crippen LogP contribution >= 0.6 is 0 Å². The lowest BCUT2D eigenvalue weighted by atomic mass is 9.53. The number of amides is 1. The first-order valence-electron chi connectivity index (χ1n) is 53.9. The van der Waals surface area contributed by atoms with Gasteiger partial charge in [-0.25, -0.2) is 4.79 Å². The molecular formula is C111H151N3O19. The highest BCUT2D eigenvalue weighted by molar-refractivity contribution is 5.75. The standard InChI is InChI=1S/C29H41NO5.C28H39NO5.C28H37NO5.C26H34O4/c1-20-13-23(4-5-27(20)32-12-9-30-7-10-31-11-8-30)24-3-2-6-28(19-24)33-29(35-34-28)25-15-21-14-22(17-25)18-26(29)16-21;1-3-22(18-26(5-1)31-12-9-29-7-10-30-11-8-29)23-4-2-6-27(19-23)32-28(34-33-27)24-14-20-13-21(16-24)17-25(28)15-20;30-26(29-11-2-1-3-12-29)31-25-8-6-21(7-9-25)22-5-4-10-27(18-22)32-28(34-33-27)23-14-19-13-20(16-23)17-24(28)15-19;1-17(27)4-5-18-6-8-21(9-7-18)22-3-2-10-25(16-22)28-26(30-29-25)23-12-19-11-20(14-23)15-24(26)13-19/h4-5,13,21-22,24-26H,2-3,6-12,14-19H2,1H3;1,3,5,18,20-21,23-25H,2,4,6-17,19H2;6-9,19-20,22-24H,1-5,10-18H2;6-9,19-20,22-24H,2-5,10-16H2,1H3/t21?,22?,24-,25?,26?,28-,29?;20?,21?,23-,24?,25?,27-,28?;19?,20?,22-,23?,24?,27-,28?;19?,20?,22-,23?,24?,25-,26?/m1111/s1. The highest BCUT2D eigenvalue weighted by Gasteiger charge is 2.72. The molecule has 0 aromatic heterocycles. The molecule has 724 valence electrons. The van der Waals surface area contributed by atoms with E-state index in [2.05, 4.69) is 95.6 Å². The largest absolute Gasteiger partial charge is 0.492 e. The molecule has 8 spiro atoms. The topological polar surface area (TPSA) is 201 Å². The van der Waals surface area contributed by atoms with Gasteiger partial charge in [-0.1, -0.05) is 60.7 Å². The first-order valence-corrected chi connectivity index (χ1v) is 53.9. The van der Waals surface area contributed by atoms with Gasteiger partial charge in [0.15, 0.2) is 0 Å². The predicted molar refractivity (Wildman–Crippen MR) is 494 cm³/mol. The van der Waals surface area contributed by atoms with Gasteiger partial charge in [-0.15, -0.1) is 0 Å². The average Bonchev–Trinajstić information content (AvgIpc) is 1.61. The zero-order chi connectivity index (χ0) is 89.1. The number of Topliss-reactive ketones (excluding diaryl/α,β-unsaturated/α-hetero) is 1. The second-order valence-electron chi connectivity index (χ2n) is 47.1. The average molecular weight is 1830 g/mol. The molecule has 31 rings (SSSR count). The van der Waals surface area contributed by atoms with Gasteiger partial charge in [0.2, 0.25) is 46.3 Å². The summed E-state index contributed by atoms with van der Waals surface area (Å²) in [5.41, 5.74) is 7.78. The van der Waals surface area contributed by atoms with Crippen LogP contribution in [0.5, 0.6) is 17.2 Å². The molecule has 27 fully saturated rings. The van der Waals surface area contributed by atoms with Crippen molar-refractivity contribution in [3.63, 3.8) is 0 Å². The molecule has 7 aliphatic heterocycles. The number of piperidine rings is 1. The number of benzene rings is 4. The van der Waals surface area contributed by atoms with E-state index in [1.54, 1.807) is 6.92 Å². The molecule has 0 unspecified atom stereocenters. The fraction of sp³-hybridized carbons (Fsp3) is 0.766. The Morgan fingerprint density at radius 1 is 0.361 bits per heavy atom. The number of morpholine rings is 2. The van der Waals surface area contributed by atoms with Gasteiger partial charge in [0.05, 0.1) is 26.4 Å². The van der Waals surface area contributed by atoms with Gasteiger partial charge in [-0.3, -0.25) is 9.80 Å². The molecule has 1 amide bonds. The van der Waals surface area contributed by atoms with E-state index in [0.29, 0.717) is 89.8 Å². The van der Waals surface area contributed by atoms with Crippen molar-refractivity contribution in [3.05, 3.63) is 124 Å². The van der Waals surface area contributed by atoms with E-state index in [1.807, 2.05) is 17.0 Å². The van der Waals surface area contributed by atoms with Crippen molar-refractivity contribution in [1.82, 2.24) is 14.7 Å². The van der Waals surface area contributed by atoms with Crippen LogP contribution in [0.1, 0.15) is 321 Å². The van der Waals surface area contributed by atoms with Crippen LogP contribution in [0.4, 0.5) is 4.79 Å². The summed E-state index contributed by atoms with van der Waals surface area (Å²) >= 11 is 0. The Kier molecular flexibility index (Phi) is 25.4. The monoisotopic (exact) mass is 1830 g/mol. The zero-order valence-electron chi connectivity index (χ0n) is 79.7. The highest BCUT2D eigenvalue weighted by Crippen LogP contribution is 2.70. The maximum Gasteiger partial charge on any atom is 0.415 e. The van der Waals surface area contributed by atoms with E-state index in [9.17, 15) is 9.59 Å². The minimum atomic E-state index is -0.613. The lowest BCUT2D eigenvalue weighted by Crippen LogP contribution is -2.59. The quantitative estimate of drug-likeness (QED) is 0.0958. The second-order valence-corrected chi connectivity index (χ2v) is 47.1. The summed E-state index contributed by atoms with van der Waals surface area (Å²) < 4.78 is 56.6. The minimum absolute atomic E-state index is 0.227. The van der Waals surface area contributed by atoms with Crippen molar-refractivity contribution in [3.8, 4) is 17.2 Å². The third kappa shape index (κ3) is 18.0. The molecule has 4 aromatic rings. The van der Waals surface area contributed by atoms with Crippen LogP contribution in [-0.2, 0) is 78.7 Å². The van der Waals surface area contributed by atoms with E-state index in [4.69, 9.17) is 81.7 Å². The van der Waals surface area contributed by atoms with Gasteiger partial charge in [0, 0.05) is 157 Å². The van der Waals surface area contributed by atoms with Crippen molar-refractivity contribution in [2.45, 2.75) is 347 Å². The van der Waals surface area contributed by atoms with Crippen LogP contribution in [0.3, 0.4) is 0 Å². The van der Waals surface area contributed by atoms with Crippen molar-refractivity contribution >= 4 is 11.9 Å².